The van der Waals surface area contributed by atoms with Gasteiger partial charge in [0.25, 0.3) is 0 Å². The maximum Gasteiger partial charge on any atom is 0.0630 e. The molecule has 2 aliphatic carbocycles. The molecule has 0 aromatic rings. The topological polar surface area (TPSA) is 9.23 Å². The lowest BCUT2D eigenvalue weighted by Crippen LogP contribution is -2.34. The van der Waals surface area contributed by atoms with Crippen molar-refractivity contribution in [3.8, 4) is 0 Å². The minimum absolute atomic E-state index is 0.589. The highest BCUT2D eigenvalue weighted by molar-refractivity contribution is 5.04. The van der Waals surface area contributed by atoms with Gasteiger partial charge in [0.05, 0.1) is 6.10 Å². The van der Waals surface area contributed by atoms with Crippen molar-refractivity contribution < 1.29 is 4.74 Å². The average Bonchev–Trinajstić information content (AvgIpc) is 2.77. The van der Waals surface area contributed by atoms with Crippen molar-refractivity contribution in [2.75, 3.05) is 7.11 Å². The summed E-state index contributed by atoms with van der Waals surface area (Å²) in [6.07, 6.45) is 7.55. The fraction of sp³-hybridized carbons (Fsp3) is 1.00. The van der Waals surface area contributed by atoms with Gasteiger partial charge in [-0.3, -0.25) is 0 Å². The van der Waals surface area contributed by atoms with Crippen molar-refractivity contribution >= 4 is 0 Å². The van der Waals surface area contributed by atoms with Crippen molar-refractivity contribution in [2.24, 2.45) is 11.3 Å². The van der Waals surface area contributed by atoms with Crippen molar-refractivity contribution in [1.29, 1.82) is 0 Å². The summed E-state index contributed by atoms with van der Waals surface area (Å²) in [5.74, 6) is 0.918. The van der Waals surface area contributed by atoms with E-state index in [-0.39, 0.29) is 0 Å². The van der Waals surface area contributed by atoms with E-state index in [1.54, 1.807) is 0 Å². The van der Waals surface area contributed by atoms with Gasteiger partial charge < -0.3 is 4.74 Å². The second-order valence-electron chi connectivity index (χ2n) is 4.29. The molecule has 0 heterocycles. The van der Waals surface area contributed by atoms with Gasteiger partial charge >= 0.3 is 0 Å². The summed E-state index contributed by atoms with van der Waals surface area (Å²) in [6, 6.07) is 0. The second kappa shape index (κ2) is 2.48. The number of hydrogen-bond acceptors (Lipinski definition) is 1. The van der Waals surface area contributed by atoms with Crippen LogP contribution in [0.2, 0.25) is 0 Å². The summed E-state index contributed by atoms with van der Waals surface area (Å²) in [4.78, 5) is 0. The fourth-order valence-corrected chi connectivity index (χ4v) is 2.81. The summed E-state index contributed by atoms with van der Waals surface area (Å²) < 4.78 is 5.54. The van der Waals surface area contributed by atoms with Crippen LogP contribution < -0.4 is 0 Å². The fourth-order valence-electron chi connectivity index (χ4n) is 2.81. The van der Waals surface area contributed by atoms with Gasteiger partial charge in [-0.25, -0.2) is 0 Å². The molecule has 1 heteroatoms. The lowest BCUT2D eigenvalue weighted by molar-refractivity contribution is -0.0151. The lowest BCUT2D eigenvalue weighted by Gasteiger charge is -2.36. The maximum absolute atomic E-state index is 5.54. The Morgan fingerprint density at radius 1 is 1.27 bits per heavy atom. The highest BCUT2D eigenvalue weighted by atomic mass is 16.5. The molecule has 64 valence electrons. The molecule has 0 aromatic carbocycles. The molecule has 1 spiro atoms. The molecule has 2 atom stereocenters. The molecule has 2 rings (SSSR count). The first kappa shape index (κ1) is 7.60. The van der Waals surface area contributed by atoms with Gasteiger partial charge in [0, 0.05) is 7.11 Å². The minimum atomic E-state index is 0.589. The molecule has 0 amide bonds. The van der Waals surface area contributed by atoms with Crippen molar-refractivity contribution in [1.82, 2.24) is 0 Å². The summed E-state index contributed by atoms with van der Waals surface area (Å²) in [5, 5.41) is 0. The van der Waals surface area contributed by atoms with E-state index in [1.165, 1.54) is 32.1 Å². The molecular weight excluding hydrogens is 136 g/mol. The van der Waals surface area contributed by atoms with E-state index in [9.17, 15) is 0 Å². The molecule has 2 fully saturated rings. The molecule has 0 aromatic heterocycles. The first-order valence-electron chi connectivity index (χ1n) is 4.82. The van der Waals surface area contributed by atoms with Gasteiger partial charge in [0.15, 0.2) is 0 Å². The largest absolute Gasteiger partial charge is 0.381 e. The third kappa shape index (κ3) is 1.01. The Bertz CT molecular complexity index is 149. The quantitative estimate of drug-likeness (QED) is 0.564. The molecule has 0 radical (unpaired) electrons. The molecule has 2 saturated carbocycles. The van der Waals surface area contributed by atoms with Crippen LogP contribution in [-0.4, -0.2) is 13.2 Å². The zero-order chi connectivity index (χ0) is 7.90. The Kier molecular flexibility index (Phi) is 1.71. The van der Waals surface area contributed by atoms with E-state index in [0.29, 0.717) is 11.5 Å². The number of methoxy groups -OCH3 is 1. The predicted molar refractivity (Wildman–Crippen MR) is 45.5 cm³/mol. The summed E-state index contributed by atoms with van der Waals surface area (Å²) in [6.45, 7) is 2.40. The van der Waals surface area contributed by atoms with Crippen LogP contribution in [-0.2, 0) is 4.74 Å². The second-order valence-corrected chi connectivity index (χ2v) is 4.29. The maximum atomic E-state index is 5.54. The standard InChI is InChI=1S/C10H18O/c1-8-4-3-5-9(11-2)10(8)6-7-10/h8-9H,3-7H2,1-2H3/t8?,9-/m1/s1. The highest BCUT2D eigenvalue weighted by Crippen LogP contribution is 2.60. The van der Waals surface area contributed by atoms with E-state index in [1.807, 2.05) is 7.11 Å². The van der Waals surface area contributed by atoms with E-state index >= 15 is 0 Å². The average molecular weight is 154 g/mol. The van der Waals surface area contributed by atoms with Crippen molar-refractivity contribution in [3.63, 3.8) is 0 Å². The Hall–Kier alpha value is -0.0400. The van der Waals surface area contributed by atoms with E-state index in [2.05, 4.69) is 6.92 Å². The molecule has 0 bridgehead atoms. The SMILES string of the molecule is CO[C@@H]1CCCC(C)C12CC2. The van der Waals surface area contributed by atoms with Gasteiger partial charge in [-0.05, 0) is 37.0 Å². The van der Waals surface area contributed by atoms with Crippen LogP contribution in [0.15, 0.2) is 0 Å². The van der Waals surface area contributed by atoms with Crippen LogP contribution in [0, 0.1) is 11.3 Å². The summed E-state index contributed by atoms with van der Waals surface area (Å²) in [7, 11) is 1.88. The van der Waals surface area contributed by atoms with Gasteiger partial charge in [0.1, 0.15) is 0 Å². The van der Waals surface area contributed by atoms with Gasteiger partial charge in [-0.1, -0.05) is 13.3 Å². The molecule has 0 saturated heterocycles. The number of hydrogen-bond donors (Lipinski definition) is 0. The monoisotopic (exact) mass is 154 g/mol. The normalized spacial score (nSPS) is 40.9. The Balaban J connectivity index is 2.08. The molecule has 1 nitrogen and oxygen atoms in total. The van der Waals surface area contributed by atoms with Crippen LogP contribution in [0.3, 0.4) is 0 Å². The van der Waals surface area contributed by atoms with E-state index in [0.717, 1.165) is 5.92 Å². The van der Waals surface area contributed by atoms with E-state index in [4.69, 9.17) is 4.74 Å². The van der Waals surface area contributed by atoms with Crippen LogP contribution in [0.1, 0.15) is 39.0 Å². The molecular formula is C10H18O. The smallest absolute Gasteiger partial charge is 0.0630 e. The Labute approximate surface area is 69.1 Å². The van der Waals surface area contributed by atoms with Gasteiger partial charge in [-0.2, -0.15) is 0 Å². The van der Waals surface area contributed by atoms with Gasteiger partial charge in [0.2, 0.25) is 0 Å². The van der Waals surface area contributed by atoms with Crippen LogP contribution in [0.4, 0.5) is 0 Å². The van der Waals surface area contributed by atoms with Crippen LogP contribution in [0.25, 0.3) is 0 Å². The first-order valence-corrected chi connectivity index (χ1v) is 4.82. The number of ether oxygens (including phenoxy) is 1. The van der Waals surface area contributed by atoms with Crippen molar-refractivity contribution in [2.45, 2.75) is 45.1 Å². The molecule has 2 aliphatic rings. The first-order chi connectivity index (χ1) is 5.29. The molecule has 1 unspecified atom stereocenters. The zero-order valence-electron chi connectivity index (χ0n) is 7.60. The lowest BCUT2D eigenvalue weighted by atomic mass is 9.75. The Morgan fingerprint density at radius 2 is 2.00 bits per heavy atom. The van der Waals surface area contributed by atoms with Crippen molar-refractivity contribution in [3.05, 3.63) is 0 Å². The summed E-state index contributed by atoms with van der Waals surface area (Å²) in [5.41, 5.74) is 0.632. The minimum Gasteiger partial charge on any atom is -0.381 e. The third-order valence-electron chi connectivity index (χ3n) is 3.84. The highest BCUT2D eigenvalue weighted by Gasteiger charge is 2.54. The molecule has 0 N–H and O–H groups in total. The van der Waals surface area contributed by atoms with E-state index < -0.39 is 0 Å². The molecule has 0 aliphatic heterocycles. The zero-order valence-corrected chi connectivity index (χ0v) is 7.60. The van der Waals surface area contributed by atoms with Crippen LogP contribution in [0.5, 0.6) is 0 Å². The number of rotatable bonds is 1. The third-order valence-corrected chi connectivity index (χ3v) is 3.84. The van der Waals surface area contributed by atoms with Crippen LogP contribution >= 0.6 is 0 Å². The molecule has 11 heavy (non-hydrogen) atoms. The predicted octanol–water partition coefficient (Wildman–Crippen LogP) is 2.60. The summed E-state index contributed by atoms with van der Waals surface area (Å²) >= 11 is 0. The van der Waals surface area contributed by atoms with Gasteiger partial charge in [-0.15, -0.1) is 0 Å². The Morgan fingerprint density at radius 3 is 2.45 bits per heavy atom.